The molecular formula is C30H36BrN3O7S. The number of benzene rings is 2. The molecule has 42 heavy (non-hydrogen) atoms. The first-order valence-corrected chi connectivity index (χ1v) is 16.0. The molecule has 3 rings (SSSR count). The number of esters is 1. The summed E-state index contributed by atoms with van der Waals surface area (Å²) in [6.07, 6.45) is 4.11. The van der Waals surface area contributed by atoms with Gasteiger partial charge in [-0.05, 0) is 79.5 Å². The van der Waals surface area contributed by atoms with Gasteiger partial charge in [0.2, 0.25) is 10.0 Å². The van der Waals surface area contributed by atoms with E-state index in [2.05, 4.69) is 22.0 Å². The van der Waals surface area contributed by atoms with Gasteiger partial charge in [-0.15, -0.1) is 0 Å². The number of rotatable bonds is 10. The lowest BCUT2D eigenvalue weighted by molar-refractivity contribution is -0.139. The second-order valence-electron chi connectivity index (χ2n) is 10.6. The van der Waals surface area contributed by atoms with Gasteiger partial charge < -0.3 is 19.1 Å². The van der Waals surface area contributed by atoms with Crippen LogP contribution in [0.3, 0.4) is 0 Å². The maximum atomic E-state index is 13.3. The molecule has 0 spiro atoms. The van der Waals surface area contributed by atoms with Gasteiger partial charge in [0.25, 0.3) is 0 Å². The number of nitrogens with zero attached hydrogens (tertiary/aromatic N) is 3. The van der Waals surface area contributed by atoms with Crippen LogP contribution < -0.4 is 9.04 Å². The molecule has 2 aromatic rings. The summed E-state index contributed by atoms with van der Waals surface area (Å²) in [5.74, 6) is -1.13. The fourth-order valence-electron chi connectivity index (χ4n) is 4.21. The molecule has 1 fully saturated rings. The Hall–Kier alpha value is -3.56. The third-order valence-corrected chi connectivity index (χ3v) is 8.38. The van der Waals surface area contributed by atoms with E-state index in [9.17, 15) is 18.0 Å². The Kier molecular flexibility index (Phi) is 11.4. The molecule has 0 unspecified atom stereocenters. The van der Waals surface area contributed by atoms with Crippen molar-refractivity contribution in [3.8, 4) is 11.8 Å². The van der Waals surface area contributed by atoms with Gasteiger partial charge in [0, 0.05) is 25.9 Å². The van der Waals surface area contributed by atoms with Crippen LogP contribution in [0.1, 0.15) is 51.7 Å². The molecule has 0 aliphatic carbocycles. The quantitative estimate of drug-likeness (QED) is 0.305. The monoisotopic (exact) mass is 661 g/mol. The van der Waals surface area contributed by atoms with Gasteiger partial charge in [-0.25, -0.2) is 13.2 Å². The number of sulfonamides is 1. The number of carbonyl (C=O) groups excluding carboxylic acids is 2. The summed E-state index contributed by atoms with van der Waals surface area (Å²) in [7, 11) is -4.10. The molecule has 0 radical (unpaired) electrons. The van der Waals surface area contributed by atoms with E-state index in [4.69, 9.17) is 19.5 Å². The minimum atomic E-state index is -4.10. The highest BCUT2D eigenvalue weighted by Crippen LogP contribution is 2.33. The number of anilines is 1. The summed E-state index contributed by atoms with van der Waals surface area (Å²) in [4.78, 5) is 26.1. The van der Waals surface area contributed by atoms with E-state index in [0.29, 0.717) is 47.4 Å². The van der Waals surface area contributed by atoms with Crippen LogP contribution in [0, 0.1) is 11.3 Å². The summed E-state index contributed by atoms with van der Waals surface area (Å²) in [6.45, 7) is 8.10. The van der Waals surface area contributed by atoms with Crippen LogP contribution in [0.4, 0.5) is 10.5 Å². The minimum Gasteiger partial charge on any atom is -0.489 e. The van der Waals surface area contributed by atoms with Crippen LogP contribution in [0.5, 0.6) is 5.75 Å². The molecule has 0 atom stereocenters. The summed E-state index contributed by atoms with van der Waals surface area (Å²) in [5.41, 5.74) is 0.986. The second-order valence-corrected chi connectivity index (χ2v) is 13.4. The van der Waals surface area contributed by atoms with Crippen LogP contribution >= 0.6 is 15.9 Å². The number of hydrogen-bond acceptors (Lipinski definition) is 8. The van der Waals surface area contributed by atoms with Crippen molar-refractivity contribution in [1.82, 2.24) is 4.90 Å². The van der Waals surface area contributed by atoms with Crippen molar-refractivity contribution in [1.29, 1.82) is 5.26 Å². The highest BCUT2D eigenvalue weighted by molar-refractivity contribution is 9.10. The van der Waals surface area contributed by atoms with Crippen molar-refractivity contribution in [2.75, 3.05) is 36.3 Å². The number of hydrogen-bond donors (Lipinski definition) is 0. The maximum absolute atomic E-state index is 13.3. The van der Waals surface area contributed by atoms with Gasteiger partial charge in [0.1, 0.15) is 17.5 Å². The van der Waals surface area contributed by atoms with Gasteiger partial charge in [-0.1, -0.05) is 24.3 Å². The predicted octanol–water partition coefficient (Wildman–Crippen LogP) is 5.51. The van der Waals surface area contributed by atoms with Crippen LogP contribution in [-0.4, -0.2) is 69.1 Å². The van der Waals surface area contributed by atoms with Gasteiger partial charge in [-0.3, -0.25) is 9.10 Å². The largest absolute Gasteiger partial charge is 0.489 e. The van der Waals surface area contributed by atoms with Crippen molar-refractivity contribution >= 4 is 49.8 Å². The third-order valence-electron chi connectivity index (χ3n) is 6.13. The molecule has 10 nitrogen and oxygen atoms in total. The highest BCUT2D eigenvalue weighted by atomic mass is 79.9. The van der Waals surface area contributed by atoms with E-state index in [-0.39, 0.29) is 25.3 Å². The van der Waals surface area contributed by atoms with E-state index in [1.165, 1.54) is 0 Å². The number of likely N-dealkylation sites (tertiary alicyclic amines) is 1. The van der Waals surface area contributed by atoms with Crippen LogP contribution in [0.25, 0.3) is 6.08 Å². The van der Waals surface area contributed by atoms with Gasteiger partial charge in [-0.2, -0.15) is 5.26 Å². The van der Waals surface area contributed by atoms with Crippen LogP contribution in [0.15, 0.2) is 53.0 Å². The van der Waals surface area contributed by atoms with Crippen molar-refractivity contribution in [2.24, 2.45) is 0 Å². The van der Waals surface area contributed by atoms with E-state index in [0.717, 1.165) is 9.87 Å². The molecule has 226 valence electrons. The average Bonchev–Trinajstić information content (AvgIpc) is 2.91. The third kappa shape index (κ3) is 9.77. The number of nitriles is 1. The first-order valence-electron chi connectivity index (χ1n) is 13.6. The van der Waals surface area contributed by atoms with Gasteiger partial charge in [0.05, 0.1) is 34.9 Å². The Morgan fingerprint density at radius 3 is 2.50 bits per heavy atom. The summed E-state index contributed by atoms with van der Waals surface area (Å²) in [5, 5.41) is 9.14. The summed E-state index contributed by atoms with van der Waals surface area (Å²) >= 11 is 3.50. The van der Waals surface area contributed by atoms with Gasteiger partial charge >= 0.3 is 12.1 Å². The Morgan fingerprint density at radius 1 is 1.17 bits per heavy atom. The minimum absolute atomic E-state index is 0.0612. The van der Waals surface area contributed by atoms with Crippen LogP contribution in [0.2, 0.25) is 0 Å². The highest BCUT2D eigenvalue weighted by Gasteiger charge is 2.29. The number of carbonyl (C=O) groups is 2. The molecule has 1 amide bonds. The zero-order valence-corrected chi connectivity index (χ0v) is 26.6. The summed E-state index contributed by atoms with van der Waals surface area (Å²) < 4.78 is 44.8. The molecule has 0 saturated carbocycles. The Morgan fingerprint density at radius 2 is 1.88 bits per heavy atom. The van der Waals surface area contributed by atoms with E-state index in [1.54, 1.807) is 66.4 Å². The van der Waals surface area contributed by atoms with E-state index < -0.39 is 27.3 Å². The van der Waals surface area contributed by atoms with Crippen molar-refractivity contribution in [3.05, 3.63) is 64.1 Å². The van der Waals surface area contributed by atoms with E-state index >= 15 is 0 Å². The van der Waals surface area contributed by atoms with Crippen molar-refractivity contribution < 1.29 is 32.2 Å². The molecular weight excluding hydrogens is 626 g/mol. The first-order chi connectivity index (χ1) is 19.8. The fraction of sp³-hybridized carbons (Fsp3) is 0.433. The number of ether oxygens (including phenoxy) is 3. The molecule has 0 bridgehead atoms. The van der Waals surface area contributed by atoms with Gasteiger partial charge in [0.15, 0.2) is 5.75 Å². The lowest BCUT2D eigenvalue weighted by Crippen LogP contribution is -2.44. The number of halogens is 1. The molecule has 0 N–H and O–H groups in total. The van der Waals surface area contributed by atoms with Crippen molar-refractivity contribution in [2.45, 2.75) is 52.2 Å². The molecule has 1 saturated heterocycles. The normalized spacial score (nSPS) is 14.3. The van der Waals surface area contributed by atoms with Crippen LogP contribution in [-0.2, 0) is 24.3 Å². The fourth-order valence-corrected chi connectivity index (χ4v) is 5.95. The zero-order chi connectivity index (χ0) is 30.9. The predicted molar refractivity (Wildman–Crippen MR) is 164 cm³/mol. The lowest BCUT2D eigenvalue weighted by Gasteiger charge is -2.33. The number of amides is 1. The van der Waals surface area contributed by atoms with E-state index in [1.807, 2.05) is 20.8 Å². The second kappa shape index (κ2) is 14.6. The smallest absolute Gasteiger partial charge is 0.410 e. The molecule has 2 aromatic carbocycles. The molecule has 1 heterocycles. The molecule has 12 heteroatoms. The first kappa shape index (κ1) is 32.9. The molecule has 0 aromatic heterocycles. The molecule has 1 aliphatic rings. The number of piperidine rings is 1. The van der Waals surface area contributed by atoms with Crippen molar-refractivity contribution in [3.63, 3.8) is 0 Å². The molecule has 1 aliphatic heterocycles. The Labute approximate surface area is 256 Å². The zero-order valence-electron chi connectivity index (χ0n) is 24.2. The standard InChI is InChI=1S/C30H36BrN3O7S/c1-5-39-28(35)21-42(37,38)34(15-7-10-22-8-6-9-23(18-22)20-32)24-11-12-27(26(31)19-24)40-25-13-16-33(17-14-25)29(36)41-30(2,3)4/h6-12,18-19,25H,5,13-17,21H2,1-4H3/b10-7+. The topological polar surface area (TPSA) is 126 Å². The Balaban J connectivity index is 1.75. The lowest BCUT2D eigenvalue weighted by atomic mass is 10.1. The Bertz CT molecular complexity index is 1440. The summed E-state index contributed by atoms with van der Waals surface area (Å²) in [6, 6.07) is 13.9. The average molecular weight is 663 g/mol. The SMILES string of the molecule is CCOC(=O)CS(=O)(=O)N(C/C=C/c1cccc(C#N)c1)c1ccc(OC2CCN(C(=O)OC(C)(C)C)CC2)c(Br)c1. The maximum Gasteiger partial charge on any atom is 0.410 e.